The van der Waals surface area contributed by atoms with Gasteiger partial charge < -0.3 is 14.5 Å². The summed E-state index contributed by atoms with van der Waals surface area (Å²) < 4.78 is 4.66. The second-order valence-corrected chi connectivity index (χ2v) is 6.07. The van der Waals surface area contributed by atoms with Crippen molar-refractivity contribution >= 4 is 18.0 Å². The van der Waals surface area contributed by atoms with E-state index in [0.29, 0.717) is 6.42 Å². The first-order chi connectivity index (χ1) is 8.73. The zero-order chi connectivity index (χ0) is 14.7. The molecule has 0 fully saturated rings. The van der Waals surface area contributed by atoms with Crippen molar-refractivity contribution in [2.24, 2.45) is 20.0 Å². The summed E-state index contributed by atoms with van der Waals surface area (Å²) in [6.07, 6.45) is 2.68. The van der Waals surface area contributed by atoms with Crippen LogP contribution in [0.1, 0.15) is 34.8 Å². The number of imidazole rings is 1. The monoisotopic (exact) mass is 285 g/mol. The third-order valence-electron chi connectivity index (χ3n) is 3.22. The molecule has 1 rings (SSSR count). The van der Waals surface area contributed by atoms with E-state index >= 15 is 0 Å². The smallest absolute Gasteiger partial charge is 0.179 e. The minimum absolute atomic E-state index is 0. The molecule has 1 aromatic rings. The first-order valence-electron chi connectivity index (χ1n) is 6.75. The van der Waals surface area contributed by atoms with Crippen molar-refractivity contribution in [3.63, 3.8) is 0 Å². The lowest BCUT2D eigenvalue weighted by atomic mass is 9.97. The Labute approximate surface area is 122 Å². The molecule has 110 valence electrons. The molecule has 1 atom stereocenters. The van der Waals surface area contributed by atoms with Gasteiger partial charge in [0.05, 0.1) is 6.04 Å². The summed E-state index contributed by atoms with van der Waals surface area (Å²) in [6, 6.07) is 0.132. The fraction of sp³-hybridized carbons (Fsp3) is 0.714. The normalized spacial score (nSPS) is 13.3. The highest BCUT2D eigenvalue weighted by Gasteiger charge is 2.23. The van der Waals surface area contributed by atoms with Crippen LogP contribution in [-0.4, -0.2) is 27.0 Å². The van der Waals surface area contributed by atoms with E-state index in [1.54, 1.807) is 0 Å². The van der Waals surface area contributed by atoms with Crippen molar-refractivity contribution in [3.05, 3.63) is 16.7 Å². The van der Waals surface area contributed by atoms with Crippen LogP contribution < -0.4 is 5.32 Å². The summed E-state index contributed by atoms with van der Waals surface area (Å²) in [5.74, 6) is 0.289. The van der Waals surface area contributed by atoms with E-state index in [1.807, 2.05) is 43.3 Å². The zero-order valence-corrected chi connectivity index (χ0v) is 13.5. The lowest BCUT2D eigenvalue weighted by Gasteiger charge is -2.22. The summed E-state index contributed by atoms with van der Waals surface area (Å²) in [5, 5.41) is 3.36. The Hall–Kier alpha value is -0.940. The van der Waals surface area contributed by atoms with Gasteiger partial charge in [0.25, 0.3) is 0 Å². The topological polar surface area (TPSA) is 39.0 Å². The molecule has 0 aliphatic rings. The average Bonchev–Trinajstić information content (AvgIpc) is 2.54. The molecule has 0 amide bonds. The first-order valence-corrected chi connectivity index (χ1v) is 7.15. The molecule has 4 nitrogen and oxygen atoms in total. The molecule has 1 N–H and O–H groups in total. The Morgan fingerprint density at radius 2 is 1.95 bits per heavy atom. The van der Waals surface area contributed by atoms with Crippen LogP contribution in [0.2, 0.25) is 0 Å². The molecule has 1 heterocycles. The second-order valence-electron chi connectivity index (χ2n) is 5.71. The molecule has 0 bridgehead atoms. The number of Topliss-reactive ketones (excluding diaryl/α,β-unsaturated/α-hetero) is 1. The number of ketones is 1. The molecule has 0 saturated carbocycles. The standard InChI is InChI=1S/C14H25N3OS.H2/c1-9(2)13(18)12(15-10(3)4)7-11-8-16(5)14(19)17(11)6;/h8-10,12,15H,7H2,1-6H3;1H. The van der Waals surface area contributed by atoms with Crippen LogP contribution in [-0.2, 0) is 25.3 Å². The summed E-state index contributed by atoms with van der Waals surface area (Å²) >= 11 is 5.29. The zero-order valence-electron chi connectivity index (χ0n) is 12.7. The van der Waals surface area contributed by atoms with Crippen LogP contribution in [0.5, 0.6) is 0 Å². The fourth-order valence-corrected chi connectivity index (χ4v) is 2.34. The maximum Gasteiger partial charge on any atom is 0.179 e. The Kier molecular flexibility index (Phi) is 5.50. The quantitative estimate of drug-likeness (QED) is 0.816. The van der Waals surface area contributed by atoms with Gasteiger partial charge in [-0.15, -0.1) is 0 Å². The molecule has 1 unspecified atom stereocenters. The molecule has 0 radical (unpaired) electrons. The number of hydrogen-bond donors (Lipinski definition) is 1. The highest BCUT2D eigenvalue weighted by Crippen LogP contribution is 2.10. The van der Waals surface area contributed by atoms with Gasteiger partial charge in [0.1, 0.15) is 0 Å². The predicted molar refractivity (Wildman–Crippen MR) is 82.9 cm³/mol. The van der Waals surface area contributed by atoms with Crippen molar-refractivity contribution < 1.29 is 6.22 Å². The van der Waals surface area contributed by atoms with Crippen molar-refractivity contribution in [2.75, 3.05) is 0 Å². The van der Waals surface area contributed by atoms with E-state index in [9.17, 15) is 4.79 Å². The highest BCUT2D eigenvalue weighted by molar-refractivity contribution is 7.71. The van der Waals surface area contributed by atoms with Gasteiger partial charge in [-0.25, -0.2) is 0 Å². The van der Waals surface area contributed by atoms with Gasteiger partial charge >= 0.3 is 0 Å². The summed E-state index contributed by atoms with van der Waals surface area (Å²) in [6.45, 7) is 8.01. The van der Waals surface area contributed by atoms with Crippen LogP contribution in [0.3, 0.4) is 0 Å². The van der Waals surface area contributed by atoms with Crippen LogP contribution in [0.25, 0.3) is 0 Å². The maximum atomic E-state index is 12.3. The molecule has 0 spiro atoms. The van der Waals surface area contributed by atoms with E-state index in [2.05, 4.69) is 19.2 Å². The summed E-state index contributed by atoms with van der Waals surface area (Å²) in [5.41, 5.74) is 1.08. The molecular weight excluding hydrogens is 258 g/mol. The second kappa shape index (κ2) is 6.48. The van der Waals surface area contributed by atoms with Gasteiger partial charge in [0.15, 0.2) is 10.6 Å². The SMILES string of the molecule is CC(C)NC(Cc1cn(C)c(=S)n1C)C(=O)C(C)C.[HH]. The van der Waals surface area contributed by atoms with Gasteiger partial charge in [0, 0.05) is 45.8 Å². The number of carbonyl (C=O) groups excluding carboxylic acids is 1. The van der Waals surface area contributed by atoms with E-state index in [-0.39, 0.29) is 25.2 Å². The predicted octanol–water partition coefficient (Wildman–Crippen LogP) is 2.47. The number of aromatic nitrogens is 2. The molecule has 0 saturated heterocycles. The molecular formula is C14H27N3OS. The van der Waals surface area contributed by atoms with Gasteiger partial charge in [-0.1, -0.05) is 27.7 Å². The lowest BCUT2D eigenvalue weighted by molar-refractivity contribution is -0.124. The van der Waals surface area contributed by atoms with E-state index in [4.69, 9.17) is 12.2 Å². The Morgan fingerprint density at radius 3 is 2.32 bits per heavy atom. The minimum Gasteiger partial charge on any atom is -0.327 e. The number of rotatable bonds is 6. The molecule has 0 aromatic carbocycles. The fourth-order valence-electron chi connectivity index (χ4n) is 2.17. The van der Waals surface area contributed by atoms with E-state index in [0.717, 1.165) is 10.5 Å². The largest absolute Gasteiger partial charge is 0.327 e. The molecule has 0 aliphatic carbocycles. The van der Waals surface area contributed by atoms with Crippen molar-refractivity contribution in [2.45, 2.75) is 46.2 Å². The van der Waals surface area contributed by atoms with Crippen LogP contribution in [0, 0.1) is 10.7 Å². The van der Waals surface area contributed by atoms with Crippen molar-refractivity contribution in [3.8, 4) is 0 Å². The van der Waals surface area contributed by atoms with Gasteiger partial charge in [-0.3, -0.25) is 4.79 Å². The summed E-state index contributed by atoms with van der Waals surface area (Å²) in [7, 11) is 3.88. The van der Waals surface area contributed by atoms with E-state index < -0.39 is 0 Å². The third-order valence-corrected chi connectivity index (χ3v) is 3.78. The summed E-state index contributed by atoms with van der Waals surface area (Å²) in [4.78, 5) is 12.3. The first kappa shape index (κ1) is 16.1. The number of carbonyl (C=O) groups is 1. The number of nitrogens with one attached hydrogen (secondary N) is 1. The number of nitrogens with zero attached hydrogens (tertiary/aromatic N) is 2. The lowest BCUT2D eigenvalue weighted by Crippen LogP contribution is -2.44. The van der Waals surface area contributed by atoms with Crippen LogP contribution in [0.15, 0.2) is 6.20 Å². The van der Waals surface area contributed by atoms with Crippen molar-refractivity contribution in [1.29, 1.82) is 0 Å². The van der Waals surface area contributed by atoms with E-state index in [1.165, 1.54) is 0 Å². The third kappa shape index (κ3) is 4.01. The van der Waals surface area contributed by atoms with Crippen molar-refractivity contribution in [1.82, 2.24) is 14.5 Å². The van der Waals surface area contributed by atoms with Gasteiger partial charge in [0.2, 0.25) is 0 Å². The number of aryl methyl sites for hydroxylation is 1. The molecule has 1 aromatic heterocycles. The van der Waals surface area contributed by atoms with Crippen LogP contribution in [0.4, 0.5) is 0 Å². The Bertz CT molecular complexity index is 505. The molecule has 5 heteroatoms. The Morgan fingerprint density at radius 1 is 1.37 bits per heavy atom. The average molecular weight is 285 g/mol. The van der Waals surface area contributed by atoms with Gasteiger partial charge in [-0.2, -0.15) is 0 Å². The van der Waals surface area contributed by atoms with Crippen LogP contribution >= 0.6 is 12.2 Å². The molecule has 0 aliphatic heterocycles. The minimum atomic E-state index is -0.150. The maximum absolute atomic E-state index is 12.3. The van der Waals surface area contributed by atoms with Gasteiger partial charge in [-0.05, 0) is 12.2 Å². The Balaban J connectivity index is 0.00000361. The number of hydrogen-bond acceptors (Lipinski definition) is 3. The highest BCUT2D eigenvalue weighted by atomic mass is 32.1. The molecule has 19 heavy (non-hydrogen) atoms.